The van der Waals surface area contributed by atoms with E-state index in [-0.39, 0.29) is 37.5 Å². The van der Waals surface area contributed by atoms with Gasteiger partial charge in [0.1, 0.15) is 13.2 Å². The molecular formula is C59H98O6. The summed E-state index contributed by atoms with van der Waals surface area (Å²) in [7, 11) is 0. The summed E-state index contributed by atoms with van der Waals surface area (Å²) in [4.78, 5) is 38.0. The van der Waals surface area contributed by atoms with Gasteiger partial charge < -0.3 is 14.2 Å². The Hall–Kier alpha value is -3.67. The zero-order valence-corrected chi connectivity index (χ0v) is 42.2. The predicted molar refractivity (Wildman–Crippen MR) is 279 cm³/mol. The van der Waals surface area contributed by atoms with Crippen LogP contribution in [0.5, 0.6) is 0 Å². The molecular weight excluding hydrogens is 805 g/mol. The maximum atomic E-state index is 12.8. The summed E-state index contributed by atoms with van der Waals surface area (Å²) in [5.41, 5.74) is 0. The molecule has 0 saturated carbocycles. The fraction of sp³-hybridized carbons (Fsp3) is 0.678. The average Bonchev–Trinajstić information content (AvgIpc) is 3.30. The van der Waals surface area contributed by atoms with Gasteiger partial charge in [0.15, 0.2) is 6.10 Å². The lowest BCUT2D eigenvalue weighted by atomic mass is 10.1. The maximum Gasteiger partial charge on any atom is 0.306 e. The molecule has 0 spiro atoms. The van der Waals surface area contributed by atoms with Crippen molar-refractivity contribution in [1.82, 2.24) is 0 Å². The first-order valence-electron chi connectivity index (χ1n) is 26.7. The van der Waals surface area contributed by atoms with E-state index in [0.29, 0.717) is 19.3 Å². The average molecular weight is 903 g/mol. The summed E-state index contributed by atoms with van der Waals surface area (Å²) in [5.74, 6) is -1.02. The Morgan fingerprint density at radius 1 is 0.308 bits per heavy atom. The first-order valence-corrected chi connectivity index (χ1v) is 26.7. The Labute approximate surface area is 400 Å². The number of esters is 3. The predicted octanol–water partition coefficient (Wildman–Crippen LogP) is 17.8. The van der Waals surface area contributed by atoms with Crippen molar-refractivity contribution >= 4 is 17.9 Å². The Kier molecular flexibility index (Phi) is 50.0. The minimum Gasteiger partial charge on any atom is -0.462 e. The van der Waals surface area contributed by atoms with Crippen LogP contribution in [0.3, 0.4) is 0 Å². The van der Waals surface area contributed by atoms with Gasteiger partial charge >= 0.3 is 17.9 Å². The lowest BCUT2D eigenvalue weighted by Crippen LogP contribution is -2.30. The lowest BCUT2D eigenvalue weighted by molar-refractivity contribution is -0.166. The van der Waals surface area contributed by atoms with Gasteiger partial charge in [-0.1, -0.05) is 221 Å². The second-order valence-corrected chi connectivity index (χ2v) is 17.4. The third kappa shape index (κ3) is 51.2. The smallest absolute Gasteiger partial charge is 0.306 e. The Morgan fingerprint density at radius 2 is 0.585 bits per heavy atom. The fourth-order valence-electron chi connectivity index (χ4n) is 7.02. The number of hydrogen-bond donors (Lipinski definition) is 0. The maximum absolute atomic E-state index is 12.8. The third-order valence-electron chi connectivity index (χ3n) is 11.1. The molecule has 0 aromatic carbocycles. The van der Waals surface area contributed by atoms with Gasteiger partial charge in [-0.15, -0.1) is 0 Å². The number of unbranched alkanes of at least 4 members (excludes halogenated alkanes) is 20. The fourth-order valence-corrected chi connectivity index (χ4v) is 7.02. The van der Waals surface area contributed by atoms with Crippen LogP contribution in [-0.4, -0.2) is 37.2 Å². The number of carbonyl (C=O) groups is 3. The summed E-state index contributed by atoms with van der Waals surface area (Å²) in [5, 5.41) is 0. The molecule has 0 N–H and O–H groups in total. The summed E-state index contributed by atoms with van der Waals surface area (Å²) in [6, 6.07) is 0. The molecule has 0 fully saturated rings. The lowest BCUT2D eigenvalue weighted by Gasteiger charge is -2.18. The van der Waals surface area contributed by atoms with Crippen molar-refractivity contribution < 1.29 is 28.6 Å². The minimum absolute atomic E-state index is 0.112. The van der Waals surface area contributed by atoms with Crippen LogP contribution in [0, 0.1) is 0 Å². The van der Waals surface area contributed by atoms with E-state index < -0.39 is 6.10 Å². The van der Waals surface area contributed by atoms with E-state index in [9.17, 15) is 14.4 Å². The van der Waals surface area contributed by atoms with Gasteiger partial charge in [0, 0.05) is 19.3 Å². The van der Waals surface area contributed by atoms with Crippen molar-refractivity contribution in [3.05, 3.63) is 97.2 Å². The highest BCUT2D eigenvalue weighted by atomic mass is 16.6. The zero-order chi connectivity index (χ0) is 47.2. The van der Waals surface area contributed by atoms with E-state index in [2.05, 4.69) is 112 Å². The first-order chi connectivity index (χ1) is 32.0. The van der Waals surface area contributed by atoms with Crippen LogP contribution in [0.1, 0.15) is 239 Å². The molecule has 0 radical (unpaired) electrons. The highest BCUT2D eigenvalue weighted by molar-refractivity contribution is 5.71. The molecule has 0 aromatic heterocycles. The largest absolute Gasteiger partial charge is 0.462 e. The summed E-state index contributed by atoms with van der Waals surface area (Å²) >= 11 is 0. The number of hydrogen-bond acceptors (Lipinski definition) is 6. The molecule has 0 heterocycles. The van der Waals surface area contributed by atoms with Crippen LogP contribution in [0.25, 0.3) is 0 Å². The van der Waals surface area contributed by atoms with E-state index in [1.165, 1.54) is 103 Å². The van der Waals surface area contributed by atoms with Crippen LogP contribution in [0.2, 0.25) is 0 Å². The highest BCUT2D eigenvalue weighted by Gasteiger charge is 2.19. The number of allylic oxidation sites excluding steroid dienone is 16. The molecule has 0 bridgehead atoms. The van der Waals surface area contributed by atoms with E-state index in [4.69, 9.17) is 14.2 Å². The Morgan fingerprint density at radius 3 is 0.985 bits per heavy atom. The van der Waals surface area contributed by atoms with Crippen molar-refractivity contribution in [2.24, 2.45) is 0 Å². The van der Waals surface area contributed by atoms with Gasteiger partial charge in [0.25, 0.3) is 0 Å². The second-order valence-electron chi connectivity index (χ2n) is 17.4. The van der Waals surface area contributed by atoms with E-state index in [1.54, 1.807) is 0 Å². The zero-order valence-electron chi connectivity index (χ0n) is 42.2. The molecule has 0 rings (SSSR count). The van der Waals surface area contributed by atoms with Crippen molar-refractivity contribution in [3.8, 4) is 0 Å². The SMILES string of the molecule is CCCCC/C=C\C/C=C\C/C=C\C/C=C\C/C=C\CCC(=O)OC[C@H](COC(=O)CCCCCC/C=C\C/C=C\C/C=C\CCCCC)OC(=O)CCCCCCCCCCCCC. The molecule has 0 unspecified atom stereocenters. The molecule has 0 aliphatic rings. The van der Waals surface area contributed by atoms with Crippen molar-refractivity contribution in [2.75, 3.05) is 13.2 Å². The monoisotopic (exact) mass is 903 g/mol. The van der Waals surface area contributed by atoms with Crippen molar-refractivity contribution in [3.63, 3.8) is 0 Å². The van der Waals surface area contributed by atoms with Crippen LogP contribution in [0.4, 0.5) is 0 Å². The molecule has 0 saturated heterocycles. The van der Waals surface area contributed by atoms with E-state index in [1.807, 2.05) is 6.08 Å². The normalized spacial score (nSPS) is 12.8. The minimum atomic E-state index is -0.815. The van der Waals surface area contributed by atoms with Gasteiger partial charge in [-0.2, -0.15) is 0 Å². The van der Waals surface area contributed by atoms with E-state index in [0.717, 1.165) is 89.9 Å². The summed E-state index contributed by atoms with van der Waals surface area (Å²) in [6.45, 7) is 6.48. The third-order valence-corrected chi connectivity index (χ3v) is 11.1. The van der Waals surface area contributed by atoms with Crippen LogP contribution >= 0.6 is 0 Å². The number of ether oxygens (including phenoxy) is 3. The topological polar surface area (TPSA) is 78.9 Å². The molecule has 1 atom stereocenters. The number of rotatable bonds is 47. The van der Waals surface area contributed by atoms with Crippen LogP contribution in [-0.2, 0) is 28.6 Å². The van der Waals surface area contributed by atoms with Crippen molar-refractivity contribution in [1.29, 1.82) is 0 Å². The van der Waals surface area contributed by atoms with Gasteiger partial charge in [-0.3, -0.25) is 14.4 Å². The molecule has 6 heteroatoms. The first kappa shape index (κ1) is 61.3. The summed E-state index contributed by atoms with van der Waals surface area (Å²) < 4.78 is 16.7. The molecule has 0 aliphatic carbocycles. The summed E-state index contributed by atoms with van der Waals surface area (Å²) in [6.07, 6.45) is 69.7. The van der Waals surface area contributed by atoms with Gasteiger partial charge in [-0.05, 0) is 96.3 Å². The molecule has 0 aromatic rings. The van der Waals surface area contributed by atoms with Crippen LogP contribution < -0.4 is 0 Å². The molecule has 0 aliphatic heterocycles. The second kappa shape index (κ2) is 52.9. The molecule has 65 heavy (non-hydrogen) atoms. The quantitative estimate of drug-likeness (QED) is 0.0262. The van der Waals surface area contributed by atoms with Gasteiger partial charge in [0.2, 0.25) is 0 Å². The molecule has 6 nitrogen and oxygen atoms in total. The van der Waals surface area contributed by atoms with E-state index >= 15 is 0 Å². The Bertz CT molecular complexity index is 1310. The van der Waals surface area contributed by atoms with Gasteiger partial charge in [0.05, 0.1) is 0 Å². The van der Waals surface area contributed by atoms with Crippen molar-refractivity contribution in [2.45, 2.75) is 245 Å². The number of carbonyl (C=O) groups excluding carboxylic acids is 3. The highest BCUT2D eigenvalue weighted by Crippen LogP contribution is 2.14. The molecule has 0 amide bonds. The Balaban J connectivity index is 4.50. The molecule has 370 valence electrons. The van der Waals surface area contributed by atoms with Gasteiger partial charge in [-0.25, -0.2) is 0 Å². The standard InChI is InChI=1S/C59H98O6/c1-4-7-10-13-16-19-22-24-26-28-29-31-33-35-38-40-43-46-49-52-58(61)64-55-56(65-59(62)53-50-47-44-41-36-21-18-15-12-9-6-3)54-63-57(60)51-48-45-42-39-37-34-32-30-27-25-23-20-17-14-11-8-5-2/h16-17,19-20,24-27,29,31-32,34-35,38,43,46,56H,4-15,18,21-23,28,30,33,36-37,39-42,44-45,47-55H2,1-3H3/b19-16-,20-17-,26-24-,27-25-,31-29-,34-32-,38-35-,46-43-/t56-/m0/s1. The van der Waals surface area contributed by atoms with Crippen LogP contribution in [0.15, 0.2) is 97.2 Å².